The van der Waals surface area contributed by atoms with Gasteiger partial charge in [-0.25, -0.2) is 0 Å². The number of hydrogen-bond acceptors (Lipinski definition) is 1. The summed E-state index contributed by atoms with van der Waals surface area (Å²) in [5.41, 5.74) is 9.80. The number of hydrogen-bond donors (Lipinski definition) is 1. The maximum absolute atomic E-state index is 6.02. The predicted octanol–water partition coefficient (Wildman–Crippen LogP) is 3.93. The molecule has 0 aromatic heterocycles. The van der Waals surface area contributed by atoms with Crippen molar-refractivity contribution in [3.63, 3.8) is 0 Å². The van der Waals surface area contributed by atoms with Gasteiger partial charge in [0.15, 0.2) is 0 Å². The highest BCUT2D eigenvalue weighted by Gasteiger charge is 2.12. The molecule has 0 amide bonds. The zero-order valence-corrected chi connectivity index (χ0v) is 11.3. The van der Waals surface area contributed by atoms with E-state index in [4.69, 9.17) is 17.3 Å². The molecule has 2 rings (SSSR count). The van der Waals surface area contributed by atoms with Gasteiger partial charge in [-0.15, -0.1) is 0 Å². The van der Waals surface area contributed by atoms with E-state index in [0.717, 1.165) is 11.4 Å². The Morgan fingerprint density at radius 1 is 1.11 bits per heavy atom. The summed E-state index contributed by atoms with van der Waals surface area (Å²) in [5, 5.41) is 0.785. The van der Waals surface area contributed by atoms with Crippen LogP contribution in [0.25, 0.3) is 0 Å². The standard InChI is InChI=1S/C16H18ClN/c1-12-5-2-3-8-16(12)14(11-18)9-13-6-4-7-15(17)10-13/h2-8,10,14H,9,11,18H2,1H3. The minimum atomic E-state index is 0.352. The first-order chi connectivity index (χ1) is 8.70. The van der Waals surface area contributed by atoms with E-state index in [1.807, 2.05) is 18.2 Å². The summed E-state index contributed by atoms with van der Waals surface area (Å²) in [5.74, 6) is 0.352. The maximum Gasteiger partial charge on any atom is 0.0408 e. The average Bonchev–Trinajstić information content (AvgIpc) is 2.37. The fraction of sp³-hybridized carbons (Fsp3) is 0.250. The third-order valence-corrected chi connectivity index (χ3v) is 3.52. The van der Waals surface area contributed by atoms with Crippen LogP contribution in [0.1, 0.15) is 22.6 Å². The number of rotatable bonds is 4. The Balaban J connectivity index is 2.23. The number of aryl methyl sites for hydroxylation is 1. The summed E-state index contributed by atoms with van der Waals surface area (Å²) in [6.45, 7) is 2.79. The van der Waals surface area contributed by atoms with E-state index >= 15 is 0 Å². The molecule has 0 spiro atoms. The topological polar surface area (TPSA) is 26.0 Å². The van der Waals surface area contributed by atoms with Crippen molar-refractivity contribution in [3.8, 4) is 0 Å². The maximum atomic E-state index is 6.02. The lowest BCUT2D eigenvalue weighted by atomic mass is 9.89. The Labute approximate surface area is 114 Å². The molecule has 2 N–H and O–H groups in total. The second-order valence-corrected chi connectivity index (χ2v) is 5.06. The van der Waals surface area contributed by atoms with Crippen LogP contribution in [0.3, 0.4) is 0 Å². The highest BCUT2D eigenvalue weighted by Crippen LogP contribution is 2.24. The van der Waals surface area contributed by atoms with Crippen molar-refractivity contribution in [2.45, 2.75) is 19.3 Å². The van der Waals surface area contributed by atoms with E-state index in [9.17, 15) is 0 Å². The highest BCUT2D eigenvalue weighted by atomic mass is 35.5. The fourth-order valence-corrected chi connectivity index (χ4v) is 2.53. The lowest BCUT2D eigenvalue weighted by Crippen LogP contribution is -2.16. The second-order valence-electron chi connectivity index (χ2n) is 4.62. The van der Waals surface area contributed by atoms with E-state index in [2.05, 4.69) is 37.3 Å². The van der Waals surface area contributed by atoms with Crippen molar-refractivity contribution in [3.05, 3.63) is 70.2 Å². The molecule has 1 unspecified atom stereocenters. The lowest BCUT2D eigenvalue weighted by molar-refractivity contribution is 0.690. The first-order valence-corrected chi connectivity index (χ1v) is 6.58. The Morgan fingerprint density at radius 3 is 2.56 bits per heavy atom. The van der Waals surface area contributed by atoms with E-state index < -0.39 is 0 Å². The van der Waals surface area contributed by atoms with Gasteiger partial charge in [0.2, 0.25) is 0 Å². The Morgan fingerprint density at radius 2 is 1.89 bits per heavy atom. The SMILES string of the molecule is Cc1ccccc1C(CN)Cc1cccc(Cl)c1. The molecule has 1 atom stereocenters. The van der Waals surface area contributed by atoms with Gasteiger partial charge >= 0.3 is 0 Å². The van der Waals surface area contributed by atoms with E-state index in [-0.39, 0.29) is 0 Å². The van der Waals surface area contributed by atoms with Crippen molar-refractivity contribution < 1.29 is 0 Å². The number of nitrogens with two attached hydrogens (primary N) is 1. The van der Waals surface area contributed by atoms with Gasteiger partial charge in [0.05, 0.1) is 0 Å². The molecule has 2 aromatic carbocycles. The molecule has 0 radical (unpaired) electrons. The molecular formula is C16H18ClN. The van der Waals surface area contributed by atoms with Gasteiger partial charge in [0.1, 0.15) is 0 Å². The third kappa shape index (κ3) is 3.12. The van der Waals surface area contributed by atoms with Crippen LogP contribution in [0.2, 0.25) is 5.02 Å². The molecule has 0 fully saturated rings. The van der Waals surface area contributed by atoms with Crippen LogP contribution in [0.4, 0.5) is 0 Å². The summed E-state index contributed by atoms with van der Waals surface area (Å²) in [4.78, 5) is 0. The number of halogens is 1. The molecule has 0 bridgehead atoms. The van der Waals surface area contributed by atoms with E-state index in [1.165, 1.54) is 16.7 Å². The normalized spacial score (nSPS) is 12.4. The van der Waals surface area contributed by atoms with Crippen molar-refractivity contribution in [1.29, 1.82) is 0 Å². The van der Waals surface area contributed by atoms with Crippen LogP contribution in [-0.2, 0) is 6.42 Å². The van der Waals surface area contributed by atoms with Crippen LogP contribution in [0.5, 0.6) is 0 Å². The predicted molar refractivity (Wildman–Crippen MR) is 78.1 cm³/mol. The van der Waals surface area contributed by atoms with Crippen LogP contribution < -0.4 is 5.73 Å². The summed E-state index contributed by atoms with van der Waals surface area (Å²) < 4.78 is 0. The molecule has 0 heterocycles. The molecule has 0 aliphatic heterocycles. The fourth-order valence-electron chi connectivity index (χ4n) is 2.31. The lowest BCUT2D eigenvalue weighted by Gasteiger charge is -2.17. The molecular weight excluding hydrogens is 242 g/mol. The molecule has 18 heavy (non-hydrogen) atoms. The number of benzene rings is 2. The van der Waals surface area contributed by atoms with Gasteiger partial charge < -0.3 is 5.73 Å². The van der Waals surface area contributed by atoms with Gasteiger partial charge in [0.25, 0.3) is 0 Å². The van der Waals surface area contributed by atoms with Crippen molar-refractivity contribution in [2.75, 3.05) is 6.54 Å². The van der Waals surface area contributed by atoms with Crippen molar-refractivity contribution in [1.82, 2.24) is 0 Å². The smallest absolute Gasteiger partial charge is 0.0408 e. The molecule has 0 saturated heterocycles. The van der Waals surface area contributed by atoms with Gasteiger partial charge in [-0.05, 0) is 48.7 Å². The van der Waals surface area contributed by atoms with Gasteiger partial charge in [-0.2, -0.15) is 0 Å². The summed E-state index contributed by atoms with van der Waals surface area (Å²) in [6, 6.07) is 16.4. The molecule has 2 heteroatoms. The minimum absolute atomic E-state index is 0.352. The van der Waals surface area contributed by atoms with Crippen molar-refractivity contribution in [2.24, 2.45) is 5.73 Å². The molecule has 0 aliphatic rings. The van der Waals surface area contributed by atoms with Crippen LogP contribution in [-0.4, -0.2) is 6.54 Å². The first-order valence-electron chi connectivity index (χ1n) is 6.20. The summed E-state index contributed by atoms with van der Waals surface area (Å²) in [6.07, 6.45) is 0.932. The molecule has 0 saturated carbocycles. The molecule has 2 aromatic rings. The van der Waals surface area contributed by atoms with Crippen molar-refractivity contribution >= 4 is 11.6 Å². The average molecular weight is 260 g/mol. The Bertz CT molecular complexity index is 522. The quantitative estimate of drug-likeness (QED) is 0.885. The molecule has 94 valence electrons. The van der Waals surface area contributed by atoms with Crippen LogP contribution >= 0.6 is 11.6 Å². The minimum Gasteiger partial charge on any atom is -0.330 e. The summed E-state index contributed by atoms with van der Waals surface area (Å²) >= 11 is 6.02. The largest absolute Gasteiger partial charge is 0.330 e. The zero-order chi connectivity index (χ0) is 13.0. The monoisotopic (exact) mass is 259 g/mol. The van der Waals surface area contributed by atoms with Gasteiger partial charge in [-0.3, -0.25) is 0 Å². The zero-order valence-electron chi connectivity index (χ0n) is 10.6. The van der Waals surface area contributed by atoms with E-state index in [0.29, 0.717) is 12.5 Å². The second kappa shape index (κ2) is 6.03. The van der Waals surface area contributed by atoms with Crippen LogP contribution in [0, 0.1) is 6.92 Å². The third-order valence-electron chi connectivity index (χ3n) is 3.28. The van der Waals surface area contributed by atoms with Gasteiger partial charge in [-0.1, -0.05) is 48.0 Å². The first kappa shape index (κ1) is 13.1. The van der Waals surface area contributed by atoms with E-state index in [1.54, 1.807) is 0 Å². The molecule has 1 nitrogen and oxygen atoms in total. The summed E-state index contributed by atoms with van der Waals surface area (Å²) in [7, 11) is 0. The van der Waals surface area contributed by atoms with Gasteiger partial charge in [0, 0.05) is 10.9 Å². The Kier molecular flexibility index (Phi) is 4.40. The van der Waals surface area contributed by atoms with Crippen LogP contribution in [0.15, 0.2) is 48.5 Å². The Hall–Kier alpha value is -1.31. The molecule has 0 aliphatic carbocycles. The highest BCUT2D eigenvalue weighted by molar-refractivity contribution is 6.30.